The third-order valence-electron chi connectivity index (χ3n) is 2.85. The minimum absolute atomic E-state index is 0.0295. The van der Waals surface area contributed by atoms with Crippen LogP contribution in [0.3, 0.4) is 0 Å². The summed E-state index contributed by atoms with van der Waals surface area (Å²) < 4.78 is 30.7. The first-order valence-corrected chi connectivity index (χ1v) is 7.04. The molecule has 1 rings (SSSR count). The number of nitrogens with two attached hydrogens (primary N) is 1. The molecule has 0 aliphatic carbocycles. The number of hydrogen-bond acceptors (Lipinski definition) is 4. The SMILES string of the molecule is COc1cc(C)c(C)cc1S(=O)(=O)N(C)CC(N)=O. The van der Waals surface area contributed by atoms with Gasteiger partial charge in [0.05, 0.1) is 13.7 Å². The fourth-order valence-electron chi connectivity index (χ4n) is 1.60. The Labute approximate surface area is 113 Å². The number of likely N-dealkylation sites (N-methyl/N-ethyl adjacent to an activating group) is 1. The first-order chi connectivity index (χ1) is 8.70. The molecule has 0 fully saturated rings. The predicted molar refractivity (Wildman–Crippen MR) is 71.5 cm³/mol. The van der Waals surface area contributed by atoms with Gasteiger partial charge in [-0.15, -0.1) is 0 Å². The Balaban J connectivity index is 3.35. The zero-order valence-corrected chi connectivity index (χ0v) is 12.2. The molecule has 0 spiro atoms. The average Bonchev–Trinajstić information content (AvgIpc) is 2.30. The zero-order chi connectivity index (χ0) is 14.8. The summed E-state index contributed by atoms with van der Waals surface area (Å²) in [7, 11) is -1.11. The van der Waals surface area contributed by atoms with Gasteiger partial charge in [-0.05, 0) is 37.1 Å². The highest BCUT2D eigenvalue weighted by atomic mass is 32.2. The van der Waals surface area contributed by atoms with Crippen LogP contribution in [0.25, 0.3) is 0 Å². The summed E-state index contributed by atoms with van der Waals surface area (Å²) in [6.07, 6.45) is 0. The lowest BCUT2D eigenvalue weighted by Gasteiger charge is -2.18. The van der Waals surface area contributed by atoms with Gasteiger partial charge < -0.3 is 10.5 Å². The lowest BCUT2D eigenvalue weighted by Crippen LogP contribution is -2.35. The van der Waals surface area contributed by atoms with E-state index in [9.17, 15) is 13.2 Å². The molecule has 0 radical (unpaired) electrons. The van der Waals surface area contributed by atoms with Crippen LogP contribution in [0.2, 0.25) is 0 Å². The number of benzene rings is 1. The molecule has 1 amide bonds. The van der Waals surface area contributed by atoms with Gasteiger partial charge in [0.15, 0.2) is 0 Å². The molecule has 19 heavy (non-hydrogen) atoms. The minimum Gasteiger partial charge on any atom is -0.495 e. The highest BCUT2D eigenvalue weighted by Crippen LogP contribution is 2.29. The molecule has 0 atom stereocenters. The van der Waals surface area contributed by atoms with Crippen LogP contribution in [0.5, 0.6) is 5.75 Å². The van der Waals surface area contributed by atoms with Crippen LogP contribution in [0.15, 0.2) is 17.0 Å². The lowest BCUT2D eigenvalue weighted by molar-refractivity contribution is -0.118. The molecule has 0 saturated carbocycles. The lowest BCUT2D eigenvalue weighted by atomic mass is 10.1. The second-order valence-electron chi connectivity index (χ2n) is 4.31. The largest absolute Gasteiger partial charge is 0.495 e. The number of sulfonamides is 1. The van der Waals surface area contributed by atoms with Crippen molar-refractivity contribution in [3.63, 3.8) is 0 Å². The minimum atomic E-state index is -3.81. The van der Waals surface area contributed by atoms with Gasteiger partial charge in [-0.3, -0.25) is 4.79 Å². The molecule has 2 N–H and O–H groups in total. The third kappa shape index (κ3) is 3.24. The second-order valence-corrected chi connectivity index (χ2v) is 6.33. The summed E-state index contributed by atoms with van der Waals surface area (Å²) in [6, 6.07) is 3.18. The maximum Gasteiger partial charge on any atom is 0.246 e. The van der Waals surface area contributed by atoms with E-state index in [0.717, 1.165) is 15.4 Å². The van der Waals surface area contributed by atoms with Gasteiger partial charge in [0.1, 0.15) is 10.6 Å². The Kier molecular flexibility index (Phi) is 4.54. The Bertz CT molecular complexity index is 596. The summed E-state index contributed by atoms with van der Waals surface area (Å²) in [5.74, 6) is -0.465. The van der Waals surface area contributed by atoms with Crippen molar-refractivity contribution in [1.82, 2.24) is 4.31 Å². The molecule has 0 aliphatic rings. The molecule has 6 nitrogen and oxygen atoms in total. The standard InChI is InChI=1S/C12H18N2O4S/c1-8-5-10(18-4)11(6-9(8)2)19(16,17)14(3)7-12(13)15/h5-6H,7H2,1-4H3,(H2,13,15). The Morgan fingerprint density at radius 1 is 1.32 bits per heavy atom. The summed E-state index contributed by atoms with van der Waals surface area (Å²) in [5.41, 5.74) is 6.77. The number of hydrogen-bond donors (Lipinski definition) is 1. The molecular weight excluding hydrogens is 268 g/mol. The number of amides is 1. The molecule has 7 heteroatoms. The van der Waals surface area contributed by atoms with Crippen LogP contribution in [-0.4, -0.2) is 39.3 Å². The van der Waals surface area contributed by atoms with Crippen molar-refractivity contribution in [1.29, 1.82) is 0 Å². The molecule has 106 valence electrons. The van der Waals surface area contributed by atoms with E-state index in [1.165, 1.54) is 20.2 Å². The molecule has 1 aromatic rings. The van der Waals surface area contributed by atoms with Crippen LogP contribution in [0.1, 0.15) is 11.1 Å². The van der Waals surface area contributed by atoms with E-state index < -0.39 is 15.9 Å². The van der Waals surface area contributed by atoms with Crippen LogP contribution >= 0.6 is 0 Å². The molecule has 0 heterocycles. The van der Waals surface area contributed by atoms with E-state index in [1.54, 1.807) is 6.07 Å². The fraction of sp³-hybridized carbons (Fsp3) is 0.417. The molecule has 0 bridgehead atoms. The average molecular weight is 286 g/mol. The van der Waals surface area contributed by atoms with Crippen molar-refractivity contribution in [3.05, 3.63) is 23.3 Å². The van der Waals surface area contributed by atoms with Gasteiger partial charge in [-0.1, -0.05) is 0 Å². The number of methoxy groups -OCH3 is 1. The molecule has 0 aromatic heterocycles. The van der Waals surface area contributed by atoms with Crippen LogP contribution in [-0.2, 0) is 14.8 Å². The summed E-state index contributed by atoms with van der Waals surface area (Å²) in [4.78, 5) is 10.9. The third-order valence-corrected chi connectivity index (χ3v) is 4.67. The van der Waals surface area contributed by atoms with Crippen LogP contribution in [0.4, 0.5) is 0 Å². The summed E-state index contributed by atoms with van der Waals surface area (Å²) in [5, 5.41) is 0. The molecular formula is C12H18N2O4S. The van der Waals surface area contributed by atoms with Gasteiger partial charge in [-0.25, -0.2) is 8.42 Å². The topological polar surface area (TPSA) is 89.7 Å². The number of carbonyl (C=O) groups excluding carboxylic acids is 1. The molecule has 0 saturated heterocycles. The number of primary amides is 1. The predicted octanol–water partition coefficient (Wildman–Crippen LogP) is 0.418. The first kappa shape index (κ1) is 15.5. The maximum atomic E-state index is 12.3. The van der Waals surface area contributed by atoms with Gasteiger partial charge in [0.2, 0.25) is 15.9 Å². The van der Waals surface area contributed by atoms with Gasteiger partial charge >= 0.3 is 0 Å². The quantitative estimate of drug-likeness (QED) is 0.849. The normalized spacial score (nSPS) is 11.6. The number of nitrogens with zero attached hydrogens (tertiary/aromatic N) is 1. The van der Waals surface area contributed by atoms with Crippen molar-refractivity contribution in [2.24, 2.45) is 5.73 Å². The van der Waals surface area contributed by atoms with E-state index in [2.05, 4.69) is 0 Å². The van der Waals surface area contributed by atoms with E-state index >= 15 is 0 Å². The summed E-state index contributed by atoms with van der Waals surface area (Å²) in [6.45, 7) is 3.29. The summed E-state index contributed by atoms with van der Waals surface area (Å²) >= 11 is 0. The van der Waals surface area contributed by atoms with Crippen molar-refractivity contribution < 1.29 is 17.9 Å². The van der Waals surface area contributed by atoms with Crippen molar-refractivity contribution in [3.8, 4) is 5.75 Å². The van der Waals surface area contributed by atoms with E-state index in [0.29, 0.717) is 0 Å². The van der Waals surface area contributed by atoms with E-state index in [4.69, 9.17) is 10.5 Å². The highest BCUT2D eigenvalue weighted by Gasteiger charge is 2.26. The van der Waals surface area contributed by atoms with Crippen molar-refractivity contribution >= 4 is 15.9 Å². The van der Waals surface area contributed by atoms with Gasteiger partial charge in [-0.2, -0.15) is 4.31 Å². The molecule has 0 unspecified atom stereocenters. The number of ether oxygens (including phenoxy) is 1. The van der Waals surface area contributed by atoms with E-state index in [1.807, 2.05) is 13.8 Å². The molecule has 1 aromatic carbocycles. The van der Waals surface area contributed by atoms with E-state index in [-0.39, 0.29) is 17.2 Å². The molecule has 0 aliphatic heterocycles. The monoisotopic (exact) mass is 286 g/mol. The van der Waals surface area contributed by atoms with Crippen molar-refractivity contribution in [2.75, 3.05) is 20.7 Å². The Hall–Kier alpha value is -1.60. The van der Waals surface area contributed by atoms with Crippen molar-refractivity contribution in [2.45, 2.75) is 18.7 Å². The highest BCUT2D eigenvalue weighted by molar-refractivity contribution is 7.89. The van der Waals surface area contributed by atoms with Crippen LogP contribution in [0, 0.1) is 13.8 Å². The second kappa shape index (κ2) is 5.58. The fourth-order valence-corrected chi connectivity index (χ4v) is 2.95. The van der Waals surface area contributed by atoms with Crippen LogP contribution < -0.4 is 10.5 Å². The van der Waals surface area contributed by atoms with Gasteiger partial charge in [0, 0.05) is 7.05 Å². The first-order valence-electron chi connectivity index (χ1n) is 5.60. The number of carbonyl (C=O) groups is 1. The smallest absolute Gasteiger partial charge is 0.246 e. The number of aryl methyl sites for hydroxylation is 2. The van der Waals surface area contributed by atoms with Gasteiger partial charge in [0.25, 0.3) is 0 Å². The Morgan fingerprint density at radius 2 is 1.84 bits per heavy atom. The number of rotatable bonds is 5. The Morgan fingerprint density at radius 3 is 2.32 bits per heavy atom. The zero-order valence-electron chi connectivity index (χ0n) is 11.4. The maximum absolute atomic E-state index is 12.3.